The monoisotopic (exact) mass is 300 g/mol. The van der Waals surface area contributed by atoms with Crippen molar-refractivity contribution in [3.05, 3.63) is 28.8 Å². The van der Waals surface area contributed by atoms with Crippen LogP contribution in [0, 0.1) is 20.8 Å². The van der Waals surface area contributed by atoms with Gasteiger partial charge < -0.3 is 15.4 Å². The number of ether oxygens (including phenoxy) is 1. The first-order valence-corrected chi connectivity index (χ1v) is 6.66. The summed E-state index contributed by atoms with van der Waals surface area (Å²) in [6, 6.07) is 4.13. The van der Waals surface area contributed by atoms with Crippen molar-refractivity contribution in [3.63, 3.8) is 0 Å². The standard InChI is InChI=1S/C15H24N2O2.ClH/c1-11-8-12(2)15(13(3)9-11)19-10-14(18)17-7-5-6-16-4;/h8-9,16H,5-7,10H2,1-4H3,(H,17,18);1H. The highest BCUT2D eigenvalue weighted by Gasteiger charge is 2.07. The van der Waals surface area contributed by atoms with E-state index in [1.165, 1.54) is 5.56 Å². The van der Waals surface area contributed by atoms with Gasteiger partial charge in [-0.25, -0.2) is 0 Å². The normalized spacial score (nSPS) is 9.80. The molecule has 0 aromatic heterocycles. The van der Waals surface area contributed by atoms with Crippen molar-refractivity contribution in [1.29, 1.82) is 0 Å². The molecule has 1 aromatic rings. The summed E-state index contributed by atoms with van der Waals surface area (Å²) in [5.74, 6) is 0.742. The van der Waals surface area contributed by atoms with Gasteiger partial charge in [0.05, 0.1) is 0 Å². The van der Waals surface area contributed by atoms with E-state index in [1.807, 2.05) is 20.9 Å². The average Bonchev–Trinajstić information content (AvgIpc) is 2.33. The number of carbonyl (C=O) groups excluding carboxylic acids is 1. The second-order valence-electron chi connectivity index (χ2n) is 4.82. The van der Waals surface area contributed by atoms with Crippen molar-refractivity contribution in [3.8, 4) is 5.75 Å². The van der Waals surface area contributed by atoms with Gasteiger partial charge in [0.15, 0.2) is 6.61 Å². The van der Waals surface area contributed by atoms with Gasteiger partial charge >= 0.3 is 0 Å². The Bertz CT molecular complexity index is 413. The van der Waals surface area contributed by atoms with Crippen LogP contribution in [0.4, 0.5) is 0 Å². The summed E-state index contributed by atoms with van der Waals surface area (Å²) >= 11 is 0. The molecule has 0 fully saturated rings. The van der Waals surface area contributed by atoms with Gasteiger partial charge in [0.25, 0.3) is 5.91 Å². The van der Waals surface area contributed by atoms with E-state index >= 15 is 0 Å². The summed E-state index contributed by atoms with van der Waals surface area (Å²) in [4.78, 5) is 11.6. The lowest BCUT2D eigenvalue weighted by molar-refractivity contribution is -0.123. The average molecular weight is 301 g/mol. The van der Waals surface area contributed by atoms with Crippen LogP contribution in [-0.2, 0) is 4.79 Å². The summed E-state index contributed by atoms with van der Waals surface area (Å²) in [5, 5.41) is 5.87. The van der Waals surface area contributed by atoms with E-state index in [4.69, 9.17) is 4.74 Å². The van der Waals surface area contributed by atoms with Crippen LogP contribution in [0.1, 0.15) is 23.1 Å². The molecule has 0 saturated carbocycles. The first-order chi connectivity index (χ1) is 9.04. The molecule has 4 nitrogen and oxygen atoms in total. The van der Waals surface area contributed by atoms with Gasteiger partial charge in [0.2, 0.25) is 0 Å². The van der Waals surface area contributed by atoms with Crippen molar-refractivity contribution in [2.24, 2.45) is 0 Å². The van der Waals surface area contributed by atoms with Crippen LogP contribution in [0.2, 0.25) is 0 Å². The Morgan fingerprint density at radius 1 is 1.15 bits per heavy atom. The summed E-state index contributed by atoms with van der Waals surface area (Å²) in [6.07, 6.45) is 0.921. The molecule has 0 atom stereocenters. The fraction of sp³-hybridized carbons (Fsp3) is 0.533. The van der Waals surface area contributed by atoms with Crippen LogP contribution < -0.4 is 15.4 Å². The van der Waals surface area contributed by atoms with Crippen LogP contribution in [0.15, 0.2) is 12.1 Å². The smallest absolute Gasteiger partial charge is 0.257 e. The lowest BCUT2D eigenvalue weighted by atomic mass is 10.1. The number of aryl methyl sites for hydroxylation is 3. The van der Waals surface area contributed by atoms with E-state index in [9.17, 15) is 4.79 Å². The largest absolute Gasteiger partial charge is 0.483 e. The van der Waals surface area contributed by atoms with Gasteiger partial charge in [-0.15, -0.1) is 12.4 Å². The number of benzene rings is 1. The van der Waals surface area contributed by atoms with Gasteiger partial charge in [-0.3, -0.25) is 4.79 Å². The molecule has 1 rings (SSSR count). The number of amides is 1. The summed E-state index contributed by atoms with van der Waals surface area (Å²) < 4.78 is 5.61. The molecular weight excluding hydrogens is 276 g/mol. The van der Waals surface area contributed by atoms with E-state index in [2.05, 4.69) is 29.7 Å². The molecular formula is C15H25ClN2O2. The number of hydrogen-bond donors (Lipinski definition) is 2. The molecule has 0 bridgehead atoms. The molecule has 20 heavy (non-hydrogen) atoms. The summed E-state index contributed by atoms with van der Waals surface area (Å²) in [5.41, 5.74) is 3.35. The summed E-state index contributed by atoms with van der Waals surface area (Å²) in [7, 11) is 1.90. The first kappa shape index (κ1) is 18.7. The minimum Gasteiger partial charge on any atom is -0.483 e. The number of nitrogens with one attached hydrogen (secondary N) is 2. The fourth-order valence-electron chi connectivity index (χ4n) is 2.08. The Morgan fingerprint density at radius 2 is 1.75 bits per heavy atom. The molecule has 0 saturated heterocycles. The van der Waals surface area contributed by atoms with Gasteiger partial charge in [-0.1, -0.05) is 17.7 Å². The van der Waals surface area contributed by atoms with Crippen molar-refractivity contribution in [1.82, 2.24) is 10.6 Å². The molecule has 0 aliphatic rings. The molecule has 0 unspecified atom stereocenters. The Balaban J connectivity index is 0.00000361. The molecule has 1 aromatic carbocycles. The third-order valence-electron chi connectivity index (χ3n) is 2.88. The van der Waals surface area contributed by atoms with E-state index in [1.54, 1.807) is 0 Å². The molecule has 1 amide bonds. The SMILES string of the molecule is CNCCCNC(=O)COc1c(C)cc(C)cc1C.Cl. The maximum atomic E-state index is 11.6. The zero-order chi connectivity index (χ0) is 14.3. The highest BCUT2D eigenvalue weighted by Crippen LogP contribution is 2.24. The Labute approximate surface area is 127 Å². The van der Waals surface area contributed by atoms with Crippen molar-refractivity contribution in [2.75, 3.05) is 26.7 Å². The Morgan fingerprint density at radius 3 is 2.30 bits per heavy atom. The molecule has 0 aliphatic heterocycles. The van der Waals surface area contributed by atoms with Crippen molar-refractivity contribution < 1.29 is 9.53 Å². The molecule has 2 N–H and O–H groups in total. The molecule has 0 radical (unpaired) electrons. The van der Waals surface area contributed by atoms with Gasteiger partial charge in [0.1, 0.15) is 5.75 Å². The third kappa shape index (κ3) is 6.26. The third-order valence-corrected chi connectivity index (χ3v) is 2.88. The van der Waals surface area contributed by atoms with Crippen LogP contribution in [0.3, 0.4) is 0 Å². The predicted molar refractivity (Wildman–Crippen MR) is 84.9 cm³/mol. The molecule has 114 valence electrons. The quantitative estimate of drug-likeness (QED) is 0.759. The zero-order valence-corrected chi connectivity index (χ0v) is 13.5. The van der Waals surface area contributed by atoms with Crippen LogP contribution >= 0.6 is 12.4 Å². The van der Waals surface area contributed by atoms with Gasteiger partial charge in [0, 0.05) is 6.54 Å². The van der Waals surface area contributed by atoms with Crippen molar-refractivity contribution in [2.45, 2.75) is 27.2 Å². The Hall–Kier alpha value is -1.26. The minimum atomic E-state index is -0.0736. The first-order valence-electron chi connectivity index (χ1n) is 6.66. The second-order valence-corrected chi connectivity index (χ2v) is 4.82. The number of hydrogen-bond acceptors (Lipinski definition) is 3. The second kappa shape index (κ2) is 9.61. The summed E-state index contributed by atoms with van der Waals surface area (Å²) in [6.45, 7) is 7.70. The number of rotatable bonds is 7. The highest BCUT2D eigenvalue weighted by molar-refractivity contribution is 5.85. The molecule has 5 heteroatoms. The lowest BCUT2D eigenvalue weighted by Gasteiger charge is -2.13. The van der Waals surface area contributed by atoms with E-state index < -0.39 is 0 Å². The molecule has 0 heterocycles. The van der Waals surface area contributed by atoms with Crippen LogP contribution in [-0.4, -0.2) is 32.7 Å². The van der Waals surface area contributed by atoms with Gasteiger partial charge in [-0.2, -0.15) is 0 Å². The fourth-order valence-corrected chi connectivity index (χ4v) is 2.08. The Kier molecular flexibility index (Phi) is 9.01. The van der Waals surface area contributed by atoms with Crippen LogP contribution in [0.5, 0.6) is 5.75 Å². The maximum absolute atomic E-state index is 11.6. The highest BCUT2D eigenvalue weighted by atomic mass is 35.5. The van der Waals surface area contributed by atoms with Crippen LogP contribution in [0.25, 0.3) is 0 Å². The predicted octanol–water partition coefficient (Wildman–Crippen LogP) is 2.14. The molecule has 0 aliphatic carbocycles. The van der Waals surface area contributed by atoms with E-state index in [-0.39, 0.29) is 24.9 Å². The topological polar surface area (TPSA) is 50.4 Å². The number of halogens is 1. The molecule has 0 spiro atoms. The minimum absolute atomic E-state index is 0. The zero-order valence-electron chi connectivity index (χ0n) is 12.7. The lowest BCUT2D eigenvalue weighted by Crippen LogP contribution is -2.31. The van der Waals surface area contributed by atoms with Crippen molar-refractivity contribution >= 4 is 18.3 Å². The van der Waals surface area contributed by atoms with E-state index in [0.29, 0.717) is 6.54 Å². The van der Waals surface area contributed by atoms with Gasteiger partial charge in [-0.05, 0) is 51.9 Å². The van der Waals surface area contributed by atoms with E-state index in [0.717, 1.165) is 29.8 Å². The maximum Gasteiger partial charge on any atom is 0.257 e. The number of carbonyl (C=O) groups is 1.